The summed E-state index contributed by atoms with van der Waals surface area (Å²) in [6.07, 6.45) is 8.47. The van der Waals surface area contributed by atoms with Gasteiger partial charge in [-0.3, -0.25) is 4.68 Å². The molecule has 1 N–H and O–H groups in total. The van der Waals surface area contributed by atoms with Gasteiger partial charge in [0.15, 0.2) is 5.69 Å². The van der Waals surface area contributed by atoms with E-state index in [1.807, 2.05) is 4.68 Å². The van der Waals surface area contributed by atoms with Crippen LogP contribution in [0, 0.1) is 0 Å². The fourth-order valence-electron chi connectivity index (χ4n) is 2.96. The second-order valence-corrected chi connectivity index (χ2v) is 5.27. The molecule has 92 valence electrons. The molecule has 1 aromatic rings. The maximum absolute atomic E-state index is 11.0. The molecule has 2 aliphatic rings. The lowest BCUT2D eigenvalue weighted by molar-refractivity contribution is 0.0688. The van der Waals surface area contributed by atoms with Crippen LogP contribution in [0.25, 0.3) is 0 Å². The summed E-state index contributed by atoms with van der Waals surface area (Å²) in [5.41, 5.74) is 1.39. The molecule has 0 saturated heterocycles. The zero-order chi connectivity index (χ0) is 11.8. The van der Waals surface area contributed by atoms with Gasteiger partial charge < -0.3 is 5.11 Å². The molecule has 1 aromatic heterocycles. The van der Waals surface area contributed by atoms with Gasteiger partial charge in [0.25, 0.3) is 0 Å². The average Bonchev–Trinajstić information content (AvgIpc) is 2.80. The number of carboxylic acids is 1. The second-order valence-electron chi connectivity index (χ2n) is 5.27. The molecular formula is C13H18N2O2. The first-order chi connectivity index (χ1) is 8.25. The molecule has 0 bridgehead atoms. The van der Waals surface area contributed by atoms with Gasteiger partial charge in [-0.05, 0) is 38.2 Å². The fourth-order valence-corrected chi connectivity index (χ4v) is 2.96. The van der Waals surface area contributed by atoms with Crippen molar-refractivity contribution in [1.82, 2.24) is 9.78 Å². The zero-order valence-corrected chi connectivity index (χ0v) is 9.93. The van der Waals surface area contributed by atoms with Gasteiger partial charge in [-0.2, -0.15) is 5.10 Å². The first kappa shape index (κ1) is 10.8. The summed E-state index contributed by atoms with van der Waals surface area (Å²) < 4.78 is 2.02. The Hall–Kier alpha value is -1.32. The predicted octanol–water partition coefficient (Wildman–Crippen LogP) is 2.96. The number of aromatic carboxylic acids is 1. The van der Waals surface area contributed by atoms with E-state index in [1.165, 1.54) is 37.8 Å². The molecule has 2 saturated carbocycles. The van der Waals surface area contributed by atoms with Crippen LogP contribution in [0.15, 0.2) is 6.07 Å². The lowest BCUT2D eigenvalue weighted by Gasteiger charge is -2.28. The Kier molecular flexibility index (Phi) is 2.65. The summed E-state index contributed by atoms with van der Waals surface area (Å²) in [4.78, 5) is 11.0. The maximum atomic E-state index is 11.0. The highest BCUT2D eigenvalue weighted by atomic mass is 16.4. The van der Waals surface area contributed by atoms with Crippen LogP contribution in [0.2, 0.25) is 0 Å². The molecule has 0 aromatic carbocycles. The Labute approximate surface area is 101 Å². The van der Waals surface area contributed by atoms with Crippen LogP contribution in [0.4, 0.5) is 0 Å². The minimum Gasteiger partial charge on any atom is -0.476 e. The molecular weight excluding hydrogens is 216 g/mol. The molecule has 0 amide bonds. The molecule has 3 rings (SSSR count). The zero-order valence-electron chi connectivity index (χ0n) is 9.93. The van der Waals surface area contributed by atoms with Crippen molar-refractivity contribution in [2.24, 2.45) is 0 Å². The lowest BCUT2D eigenvalue weighted by atomic mass is 9.92. The highest BCUT2D eigenvalue weighted by molar-refractivity contribution is 5.85. The fraction of sp³-hybridized carbons (Fsp3) is 0.692. The standard InChI is InChI=1S/C13H18N2O2/c16-13(17)11-8-12(9-4-1-2-5-9)15(14-11)10-6-3-7-10/h8-10H,1-7H2,(H,16,17). The Morgan fingerprint density at radius 2 is 1.94 bits per heavy atom. The summed E-state index contributed by atoms with van der Waals surface area (Å²) >= 11 is 0. The molecule has 0 radical (unpaired) electrons. The number of rotatable bonds is 3. The van der Waals surface area contributed by atoms with Crippen LogP contribution in [0.1, 0.15) is 73.1 Å². The van der Waals surface area contributed by atoms with Crippen molar-refractivity contribution in [2.45, 2.75) is 56.9 Å². The minimum absolute atomic E-state index is 0.221. The quantitative estimate of drug-likeness (QED) is 0.874. The third-order valence-corrected chi connectivity index (χ3v) is 4.18. The van der Waals surface area contributed by atoms with Crippen molar-refractivity contribution >= 4 is 5.97 Å². The van der Waals surface area contributed by atoms with Crippen molar-refractivity contribution in [3.8, 4) is 0 Å². The molecule has 0 unspecified atom stereocenters. The smallest absolute Gasteiger partial charge is 0.356 e. The van der Waals surface area contributed by atoms with E-state index < -0.39 is 5.97 Å². The molecule has 0 aliphatic heterocycles. The molecule has 2 fully saturated rings. The van der Waals surface area contributed by atoms with E-state index in [-0.39, 0.29) is 5.69 Å². The summed E-state index contributed by atoms with van der Waals surface area (Å²) in [6.45, 7) is 0. The monoisotopic (exact) mass is 234 g/mol. The first-order valence-electron chi connectivity index (χ1n) is 6.58. The third kappa shape index (κ3) is 1.85. The van der Waals surface area contributed by atoms with Crippen molar-refractivity contribution in [3.63, 3.8) is 0 Å². The Morgan fingerprint density at radius 1 is 1.24 bits per heavy atom. The van der Waals surface area contributed by atoms with Gasteiger partial charge in [0, 0.05) is 11.6 Å². The van der Waals surface area contributed by atoms with Gasteiger partial charge >= 0.3 is 5.97 Å². The van der Waals surface area contributed by atoms with Crippen molar-refractivity contribution < 1.29 is 9.90 Å². The predicted molar refractivity (Wildman–Crippen MR) is 63.3 cm³/mol. The summed E-state index contributed by atoms with van der Waals surface area (Å²) in [5.74, 6) is -0.362. The van der Waals surface area contributed by atoms with Crippen molar-refractivity contribution in [1.29, 1.82) is 0 Å². The lowest BCUT2D eigenvalue weighted by Crippen LogP contribution is -2.21. The van der Waals surface area contributed by atoms with Crippen molar-refractivity contribution in [2.75, 3.05) is 0 Å². The molecule has 0 atom stereocenters. The molecule has 1 heterocycles. The van der Waals surface area contributed by atoms with Crippen LogP contribution in [-0.2, 0) is 0 Å². The number of nitrogens with zero attached hydrogens (tertiary/aromatic N) is 2. The Bertz CT molecular complexity index is 429. The van der Waals surface area contributed by atoms with Gasteiger partial charge in [0.2, 0.25) is 0 Å². The highest BCUT2D eigenvalue weighted by Gasteiger charge is 2.29. The van der Waals surface area contributed by atoms with Gasteiger partial charge in [0.05, 0.1) is 6.04 Å². The van der Waals surface area contributed by atoms with E-state index in [0.717, 1.165) is 12.8 Å². The number of aromatic nitrogens is 2. The second kappa shape index (κ2) is 4.17. The third-order valence-electron chi connectivity index (χ3n) is 4.18. The van der Waals surface area contributed by atoms with Crippen LogP contribution in [0.3, 0.4) is 0 Å². The average molecular weight is 234 g/mol. The molecule has 4 nitrogen and oxygen atoms in total. The minimum atomic E-state index is -0.901. The number of carbonyl (C=O) groups is 1. The molecule has 4 heteroatoms. The van der Waals surface area contributed by atoms with Gasteiger partial charge in [-0.1, -0.05) is 12.8 Å². The Morgan fingerprint density at radius 3 is 2.47 bits per heavy atom. The largest absolute Gasteiger partial charge is 0.476 e. The van der Waals surface area contributed by atoms with Gasteiger partial charge in [-0.15, -0.1) is 0 Å². The summed E-state index contributed by atoms with van der Waals surface area (Å²) in [7, 11) is 0. The van der Waals surface area contributed by atoms with E-state index in [0.29, 0.717) is 12.0 Å². The van der Waals surface area contributed by atoms with E-state index in [4.69, 9.17) is 5.11 Å². The molecule has 2 aliphatic carbocycles. The van der Waals surface area contributed by atoms with Crippen LogP contribution in [-0.4, -0.2) is 20.9 Å². The summed E-state index contributed by atoms with van der Waals surface area (Å²) in [5, 5.41) is 13.4. The highest BCUT2D eigenvalue weighted by Crippen LogP contribution is 2.39. The van der Waals surface area contributed by atoms with Crippen LogP contribution >= 0.6 is 0 Å². The normalized spacial score (nSPS) is 21.6. The van der Waals surface area contributed by atoms with Crippen LogP contribution in [0.5, 0.6) is 0 Å². The van der Waals surface area contributed by atoms with Crippen LogP contribution < -0.4 is 0 Å². The van der Waals surface area contributed by atoms with Gasteiger partial charge in [-0.25, -0.2) is 4.79 Å². The number of carboxylic acid groups (broad SMARTS) is 1. The van der Waals surface area contributed by atoms with E-state index >= 15 is 0 Å². The van der Waals surface area contributed by atoms with E-state index in [2.05, 4.69) is 5.10 Å². The topological polar surface area (TPSA) is 55.1 Å². The number of hydrogen-bond acceptors (Lipinski definition) is 2. The maximum Gasteiger partial charge on any atom is 0.356 e. The molecule has 17 heavy (non-hydrogen) atoms. The SMILES string of the molecule is O=C(O)c1cc(C2CCCC2)n(C2CCC2)n1. The number of hydrogen-bond donors (Lipinski definition) is 1. The van der Waals surface area contributed by atoms with E-state index in [9.17, 15) is 4.79 Å². The summed E-state index contributed by atoms with van der Waals surface area (Å²) in [6, 6.07) is 2.26. The molecule has 0 spiro atoms. The van der Waals surface area contributed by atoms with Gasteiger partial charge in [0.1, 0.15) is 0 Å². The first-order valence-corrected chi connectivity index (χ1v) is 6.58. The Balaban J connectivity index is 1.95. The van der Waals surface area contributed by atoms with Crippen molar-refractivity contribution in [3.05, 3.63) is 17.5 Å². The van der Waals surface area contributed by atoms with E-state index in [1.54, 1.807) is 6.07 Å².